The zero-order valence-corrected chi connectivity index (χ0v) is 20.4. The van der Waals surface area contributed by atoms with Crippen LogP contribution in [0.15, 0.2) is 22.8 Å². The normalized spacial score (nSPS) is 42.1. The van der Waals surface area contributed by atoms with Gasteiger partial charge in [-0.3, -0.25) is 0 Å². The molecule has 0 heterocycles. The van der Waals surface area contributed by atoms with Crippen molar-refractivity contribution >= 4 is 0 Å². The van der Waals surface area contributed by atoms with Crippen LogP contribution in [0.25, 0.3) is 0 Å². The van der Waals surface area contributed by atoms with Crippen molar-refractivity contribution in [2.24, 2.45) is 28.1 Å². The van der Waals surface area contributed by atoms with Crippen LogP contribution in [-0.2, 0) is 9.47 Å². The molecule has 7 atom stereocenters. The third-order valence-corrected chi connectivity index (χ3v) is 9.73. The average molecular weight is 417 g/mol. The maximum Gasteiger partial charge on any atom is 0.155 e. The van der Waals surface area contributed by atoms with E-state index in [0.29, 0.717) is 18.4 Å². The van der Waals surface area contributed by atoms with Crippen molar-refractivity contribution in [3.8, 4) is 0 Å². The molecule has 0 spiro atoms. The number of hydrogen-bond acceptors (Lipinski definition) is 3. The molecule has 1 saturated carbocycles. The highest BCUT2D eigenvalue weighted by atomic mass is 16.7. The van der Waals surface area contributed by atoms with Gasteiger partial charge in [-0.25, -0.2) is 0 Å². The van der Waals surface area contributed by atoms with Gasteiger partial charge in [-0.05, 0) is 105 Å². The van der Waals surface area contributed by atoms with Crippen LogP contribution in [0.1, 0.15) is 93.4 Å². The predicted molar refractivity (Wildman–Crippen MR) is 122 cm³/mol. The zero-order chi connectivity index (χ0) is 21.9. The second kappa shape index (κ2) is 7.74. The average Bonchev–Trinajstić information content (AvgIpc) is 3.02. The van der Waals surface area contributed by atoms with Crippen LogP contribution in [0, 0.1) is 28.1 Å². The Morgan fingerprint density at radius 2 is 1.80 bits per heavy atom. The summed E-state index contributed by atoms with van der Waals surface area (Å²) in [7, 11) is 0. The Kier molecular flexibility index (Phi) is 5.82. The third kappa shape index (κ3) is 3.26. The molecule has 0 saturated heterocycles. The summed E-state index contributed by atoms with van der Waals surface area (Å²) in [6, 6.07) is 0. The Morgan fingerprint density at radius 3 is 2.47 bits per heavy atom. The zero-order valence-electron chi connectivity index (χ0n) is 20.4. The number of allylic oxidation sites excluding steroid dienone is 4. The Morgan fingerprint density at radius 1 is 1.07 bits per heavy atom. The summed E-state index contributed by atoms with van der Waals surface area (Å²) in [6.07, 6.45) is 10.6. The maximum absolute atomic E-state index is 10.4. The van der Waals surface area contributed by atoms with Crippen LogP contribution in [0.2, 0.25) is 0 Å². The van der Waals surface area contributed by atoms with Crippen molar-refractivity contribution in [1.29, 1.82) is 0 Å². The van der Waals surface area contributed by atoms with E-state index >= 15 is 0 Å². The lowest BCUT2D eigenvalue weighted by Crippen LogP contribution is -2.54. The number of rotatable bonds is 5. The lowest BCUT2D eigenvalue weighted by molar-refractivity contribution is -0.214. The highest BCUT2D eigenvalue weighted by Crippen LogP contribution is 2.66. The number of ether oxygens (including phenoxy) is 2. The van der Waals surface area contributed by atoms with E-state index in [4.69, 9.17) is 9.47 Å². The number of aliphatic hydroxyl groups excluding tert-OH is 1. The van der Waals surface area contributed by atoms with Crippen molar-refractivity contribution in [2.45, 2.75) is 112 Å². The van der Waals surface area contributed by atoms with Crippen molar-refractivity contribution in [2.75, 3.05) is 6.61 Å². The Labute approximate surface area is 184 Å². The van der Waals surface area contributed by atoms with Crippen molar-refractivity contribution in [3.05, 3.63) is 22.8 Å². The lowest BCUT2D eigenvalue weighted by atomic mass is 9.46. The number of aliphatic hydroxyl groups is 1. The molecule has 170 valence electrons. The standard InChI is InChI=1S/C27H44O3/c1-8-29-18(3)30-24-14-16-27(7)22-13-15-26(6)20(17(2)28)10-11-21(26)19(22)9-12-23(27)25(24,4)5/h11,17-18,20,23-24,28H,8-10,12-16H2,1-7H3. The van der Waals surface area contributed by atoms with E-state index in [1.54, 1.807) is 16.7 Å². The highest BCUT2D eigenvalue weighted by Gasteiger charge is 2.58. The van der Waals surface area contributed by atoms with Gasteiger partial charge in [-0.1, -0.05) is 39.3 Å². The Balaban J connectivity index is 1.63. The minimum absolute atomic E-state index is 0.126. The maximum atomic E-state index is 10.4. The van der Waals surface area contributed by atoms with Crippen LogP contribution in [0.4, 0.5) is 0 Å². The fourth-order valence-electron chi connectivity index (χ4n) is 8.18. The second-order valence-corrected chi connectivity index (χ2v) is 11.6. The highest BCUT2D eigenvalue weighted by molar-refractivity contribution is 5.49. The molecule has 7 unspecified atom stereocenters. The van der Waals surface area contributed by atoms with E-state index in [1.807, 2.05) is 20.8 Å². The first-order valence-corrected chi connectivity index (χ1v) is 12.4. The molecular formula is C27H44O3. The van der Waals surface area contributed by atoms with Crippen LogP contribution in [0.5, 0.6) is 0 Å². The SMILES string of the molecule is CCOC(C)OC1CCC2(C)C3=C(CCC2C1(C)C)C1=CCC(C(C)O)C1(C)CC3. The molecule has 0 aromatic carbocycles. The van der Waals surface area contributed by atoms with E-state index in [0.717, 1.165) is 12.8 Å². The van der Waals surface area contributed by atoms with Crippen molar-refractivity contribution in [1.82, 2.24) is 0 Å². The first-order chi connectivity index (χ1) is 14.1. The van der Waals surface area contributed by atoms with Crippen molar-refractivity contribution in [3.63, 3.8) is 0 Å². The van der Waals surface area contributed by atoms with Gasteiger partial charge in [-0.15, -0.1) is 0 Å². The van der Waals surface area contributed by atoms with Gasteiger partial charge in [0.1, 0.15) is 0 Å². The molecule has 4 aliphatic rings. The van der Waals surface area contributed by atoms with Gasteiger partial charge in [0.25, 0.3) is 0 Å². The summed E-state index contributed by atoms with van der Waals surface area (Å²) < 4.78 is 12.1. The van der Waals surface area contributed by atoms with Gasteiger partial charge in [0.2, 0.25) is 0 Å². The lowest BCUT2D eigenvalue weighted by Gasteiger charge is -2.60. The fraction of sp³-hybridized carbons (Fsp3) is 0.852. The second-order valence-electron chi connectivity index (χ2n) is 11.6. The van der Waals surface area contributed by atoms with Gasteiger partial charge >= 0.3 is 0 Å². The largest absolute Gasteiger partial charge is 0.393 e. The van der Waals surface area contributed by atoms with Gasteiger partial charge in [0.15, 0.2) is 6.29 Å². The minimum atomic E-state index is -0.225. The molecule has 30 heavy (non-hydrogen) atoms. The molecule has 3 nitrogen and oxygen atoms in total. The number of hydrogen-bond donors (Lipinski definition) is 1. The van der Waals surface area contributed by atoms with E-state index in [2.05, 4.69) is 33.8 Å². The molecule has 0 aromatic rings. The summed E-state index contributed by atoms with van der Waals surface area (Å²) in [4.78, 5) is 0. The minimum Gasteiger partial charge on any atom is -0.393 e. The van der Waals surface area contributed by atoms with Gasteiger partial charge in [0.05, 0.1) is 12.2 Å². The van der Waals surface area contributed by atoms with Crippen molar-refractivity contribution < 1.29 is 14.6 Å². The van der Waals surface area contributed by atoms with E-state index in [1.165, 1.54) is 32.1 Å². The third-order valence-electron chi connectivity index (χ3n) is 9.73. The first-order valence-electron chi connectivity index (χ1n) is 12.4. The van der Waals surface area contributed by atoms with Crippen LogP contribution in [0.3, 0.4) is 0 Å². The molecule has 0 amide bonds. The number of fused-ring (bicyclic) bond motifs is 4. The summed E-state index contributed by atoms with van der Waals surface area (Å²) in [5, 5.41) is 10.4. The first kappa shape index (κ1) is 22.6. The van der Waals surface area contributed by atoms with Gasteiger partial charge in [-0.2, -0.15) is 0 Å². The van der Waals surface area contributed by atoms with Gasteiger partial charge < -0.3 is 14.6 Å². The molecule has 3 heteroatoms. The predicted octanol–water partition coefficient (Wildman–Crippen LogP) is 6.41. The Bertz CT molecular complexity index is 732. The molecule has 4 rings (SSSR count). The van der Waals surface area contributed by atoms with Crippen LogP contribution in [-0.4, -0.2) is 30.2 Å². The molecule has 0 radical (unpaired) electrons. The van der Waals surface area contributed by atoms with E-state index in [9.17, 15) is 5.11 Å². The van der Waals surface area contributed by atoms with E-state index in [-0.39, 0.29) is 34.7 Å². The Hall–Kier alpha value is -0.640. The monoisotopic (exact) mass is 416 g/mol. The summed E-state index contributed by atoms with van der Waals surface area (Å²) >= 11 is 0. The molecule has 0 bridgehead atoms. The molecule has 4 aliphatic carbocycles. The molecule has 0 aromatic heterocycles. The summed E-state index contributed by atoms with van der Waals surface area (Å²) in [6.45, 7) is 16.6. The van der Waals surface area contributed by atoms with Crippen LogP contribution < -0.4 is 0 Å². The molecule has 1 fully saturated rings. The van der Waals surface area contributed by atoms with Crippen LogP contribution >= 0.6 is 0 Å². The molecule has 0 aliphatic heterocycles. The fourth-order valence-corrected chi connectivity index (χ4v) is 8.18. The smallest absolute Gasteiger partial charge is 0.155 e. The summed E-state index contributed by atoms with van der Waals surface area (Å²) in [5.74, 6) is 1.03. The molecular weight excluding hydrogens is 372 g/mol. The van der Waals surface area contributed by atoms with Gasteiger partial charge in [0, 0.05) is 6.61 Å². The molecule has 1 N–H and O–H groups in total. The topological polar surface area (TPSA) is 38.7 Å². The van der Waals surface area contributed by atoms with E-state index < -0.39 is 0 Å². The quantitative estimate of drug-likeness (QED) is 0.526. The summed E-state index contributed by atoms with van der Waals surface area (Å²) in [5.41, 5.74) is 5.59.